The van der Waals surface area contributed by atoms with Gasteiger partial charge in [-0.25, -0.2) is 4.18 Å². The lowest BCUT2D eigenvalue weighted by Crippen LogP contribution is -2.60. The Morgan fingerprint density at radius 2 is 1.05 bits per heavy atom. The number of unbranched alkanes of at least 4 members (excludes halogenated alkanes) is 28. The van der Waals surface area contributed by atoms with E-state index in [9.17, 15) is 33.1 Å². The first-order valence-electron chi connectivity index (χ1n) is 25.6. The molecule has 0 saturated carbocycles. The molecule has 372 valence electrons. The fourth-order valence-corrected chi connectivity index (χ4v) is 8.45. The van der Waals surface area contributed by atoms with Crippen molar-refractivity contribution in [2.24, 2.45) is 0 Å². The first kappa shape index (κ1) is 59.6. The molecule has 0 aromatic heterocycles. The Morgan fingerprint density at radius 1 is 0.603 bits per heavy atom. The van der Waals surface area contributed by atoms with E-state index in [2.05, 4.69) is 42.3 Å². The highest BCUT2D eigenvalue weighted by Crippen LogP contribution is 2.26. The zero-order chi connectivity index (χ0) is 46.1. The first-order chi connectivity index (χ1) is 30.6. The second-order valence-corrected chi connectivity index (χ2v) is 18.8. The van der Waals surface area contributed by atoms with Crippen LogP contribution in [-0.4, -0.2) is 97.5 Å². The number of allylic oxidation sites excluding steroid dienone is 4. The average molecular weight is 919 g/mol. The summed E-state index contributed by atoms with van der Waals surface area (Å²) in [6.07, 6.45) is 39.2. The number of ether oxygens (including phenoxy) is 4. The topological polar surface area (TPSA) is 178 Å². The van der Waals surface area contributed by atoms with Gasteiger partial charge in [-0.05, 0) is 44.9 Å². The lowest BCUT2D eigenvalue weighted by atomic mass is 9.99. The Labute approximate surface area is 384 Å². The number of rotatable bonds is 45. The summed E-state index contributed by atoms with van der Waals surface area (Å²) in [5.41, 5.74) is 0. The summed E-state index contributed by atoms with van der Waals surface area (Å²) in [6, 6.07) is 0. The molecule has 1 heterocycles. The van der Waals surface area contributed by atoms with Gasteiger partial charge in [0, 0.05) is 13.0 Å². The number of aliphatic hydroxyl groups is 3. The van der Waals surface area contributed by atoms with Crippen LogP contribution in [-0.2, 0) is 38.3 Å². The number of esters is 1. The predicted octanol–water partition coefficient (Wildman–Crippen LogP) is 11.6. The fraction of sp³-hybridized carbons (Fsp3) is 0.900. The Morgan fingerprint density at radius 3 is 1.54 bits per heavy atom. The molecule has 63 heavy (non-hydrogen) atoms. The van der Waals surface area contributed by atoms with Gasteiger partial charge in [-0.2, -0.15) is 8.42 Å². The van der Waals surface area contributed by atoms with Crippen LogP contribution < -0.4 is 0 Å². The van der Waals surface area contributed by atoms with Gasteiger partial charge in [-0.1, -0.05) is 199 Å². The highest BCUT2D eigenvalue weighted by molar-refractivity contribution is 7.80. The maximum atomic E-state index is 12.9. The van der Waals surface area contributed by atoms with Crippen molar-refractivity contribution in [3.05, 3.63) is 24.3 Å². The van der Waals surface area contributed by atoms with Crippen molar-refractivity contribution in [1.82, 2.24) is 0 Å². The van der Waals surface area contributed by atoms with Gasteiger partial charge >= 0.3 is 16.4 Å². The summed E-state index contributed by atoms with van der Waals surface area (Å²) >= 11 is 0. The standard InChI is InChI=1S/C50H94O12S/c1-3-5-7-9-11-13-15-17-19-21-23-25-27-29-31-33-35-37-39-46(52)60-44(43-59-50-48(54)49(62-63(55,56)57)47(53)45(41-51)61-50)42-58-40-38-36-34-32-30-28-26-24-22-20-18-16-14-12-10-8-6-4-2/h12,14,18,20,44-45,47-51,53-54H,3-11,13,15-17,19,21-43H2,1-2H3,(H,55,56,57)/b14-12-,20-18-. The molecule has 0 bridgehead atoms. The highest BCUT2D eigenvalue weighted by atomic mass is 32.3. The first-order valence-corrected chi connectivity index (χ1v) is 27.0. The molecule has 1 aliphatic heterocycles. The third kappa shape index (κ3) is 35.4. The van der Waals surface area contributed by atoms with Gasteiger partial charge in [-0.3, -0.25) is 9.35 Å². The van der Waals surface area contributed by atoms with Crippen LogP contribution in [0.2, 0.25) is 0 Å². The molecule has 0 aliphatic carbocycles. The van der Waals surface area contributed by atoms with Gasteiger partial charge in [-0.15, -0.1) is 0 Å². The Hall–Kier alpha value is -1.42. The van der Waals surface area contributed by atoms with Crippen molar-refractivity contribution in [2.45, 2.75) is 263 Å². The van der Waals surface area contributed by atoms with Crippen LogP contribution in [0, 0.1) is 0 Å². The summed E-state index contributed by atoms with van der Waals surface area (Å²) in [7, 11) is -5.06. The molecule has 13 heteroatoms. The van der Waals surface area contributed by atoms with Gasteiger partial charge in [0.2, 0.25) is 0 Å². The summed E-state index contributed by atoms with van der Waals surface area (Å²) in [5, 5.41) is 30.7. The van der Waals surface area contributed by atoms with Gasteiger partial charge in [0.05, 0.1) is 19.8 Å². The second-order valence-electron chi connectivity index (χ2n) is 17.8. The van der Waals surface area contributed by atoms with E-state index in [1.165, 1.54) is 148 Å². The van der Waals surface area contributed by atoms with Crippen molar-refractivity contribution in [3.63, 3.8) is 0 Å². The summed E-state index contributed by atoms with van der Waals surface area (Å²) < 4.78 is 59.2. The SMILES string of the molecule is CCCCC/C=C\C/C=C\CCCCCCCCCCOCC(COC1OC(CO)C(O)C(OS(=O)(=O)O)C1O)OC(=O)CCCCCCCCCCCCCCCCCCCC. The summed E-state index contributed by atoms with van der Waals surface area (Å²) in [6.45, 7) is 3.99. The monoisotopic (exact) mass is 919 g/mol. The third-order valence-electron chi connectivity index (χ3n) is 11.8. The van der Waals surface area contributed by atoms with Crippen LogP contribution in [0.25, 0.3) is 0 Å². The van der Waals surface area contributed by atoms with Crippen LogP contribution in [0.1, 0.15) is 226 Å². The van der Waals surface area contributed by atoms with E-state index >= 15 is 0 Å². The molecule has 6 unspecified atom stereocenters. The van der Waals surface area contributed by atoms with Crippen LogP contribution in [0.4, 0.5) is 0 Å². The molecule has 6 atom stereocenters. The van der Waals surface area contributed by atoms with E-state index in [1.54, 1.807) is 0 Å². The normalized spacial score (nSPS) is 20.0. The van der Waals surface area contributed by atoms with Crippen LogP contribution in [0.3, 0.4) is 0 Å². The molecule has 0 spiro atoms. The van der Waals surface area contributed by atoms with Crippen LogP contribution >= 0.6 is 0 Å². The van der Waals surface area contributed by atoms with E-state index in [0.717, 1.165) is 51.4 Å². The van der Waals surface area contributed by atoms with Crippen LogP contribution in [0.15, 0.2) is 24.3 Å². The Balaban J connectivity index is 2.36. The van der Waals surface area contributed by atoms with Crippen molar-refractivity contribution >= 4 is 16.4 Å². The molecule has 0 radical (unpaired) electrons. The molecule has 1 rings (SSSR count). The van der Waals surface area contributed by atoms with E-state index in [-0.39, 0.29) is 19.6 Å². The number of carbonyl (C=O) groups excluding carboxylic acids is 1. The molecular weight excluding hydrogens is 825 g/mol. The minimum atomic E-state index is -5.06. The van der Waals surface area contributed by atoms with Gasteiger partial charge in [0.1, 0.15) is 30.5 Å². The van der Waals surface area contributed by atoms with Gasteiger partial charge in [0.25, 0.3) is 0 Å². The lowest BCUT2D eigenvalue weighted by Gasteiger charge is -2.41. The second kappa shape index (κ2) is 42.0. The number of hydrogen-bond donors (Lipinski definition) is 4. The molecule has 1 fully saturated rings. The maximum absolute atomic E-state index is 12.9. The maximum Gasteiger partial charge on any atom is 0.397 e. The van der Waals surface area contributed by atoms with E-state index in [0.29, 0.717) is 13.0 Å². The van der Waals surface area contributed by atoms with E-state index in [1.807, 2.05) is 0 Å². The quantitative estimate of drug-likeness (QED) is 0.0197. The molecule has 0 amide bonds. The molecule has 4 N–H and O–H groups in total. The Kier molecular flexibility index (Phi) is 39.7. The van der Waals surface area contributed by atoms with Crippen LogP contribution in [0.5, 0.6) is 0 Å². The molecule has 0 aromatic carbocycles. The molecule has 1 saturated heterocycles. The molecule has 1 aliphatic rings. The summed E-state index contributed by atoms with van der Waals surface area (Å²) in [5.74, 6) is -0.397. The minimum Gasteiger partial charge on any atom is -0.457 e. The number of aliphatic hydroxyl groups excluding tert-OH is 3. The van der Waals surface area contributed by atoms with E-state index in [4.69, 9.17) is 18.9 Å². The zero-order valence-corrected chi connectivity index (χ0v) is 40.7. The fourth-order valence-electron chi connectivity index (χ4n) is 7.94. The number of carbonyl (C=O) groups is 1. The van der Waals surface area contributed by atoms with Crippen molar-refractivity contribution < 1.29 is 56.2 Å². The predicted molar refractivity (Wildman–Crippen MR) is 253 cm³/mol. The molecule has 12 nitrogen and oxygen atoms in total. The zero-order valence-electron chi connectivity index (χ0n) is 39.9. The minimum absolute atomic E-state index is 0.0361. The largest absolute Gasteiger partial charge is 0.457 e. The van der Waals surface area contributed by atoms with E-state index < -0.39 is 59.8 Å². The molecular formula is C50H94O12S. The lowest BCUT2D eigenvalue weighted by molar-refractivity contribution is -0.301. The van der Waals surface area contributed by atoms with Gasteiger partial charge < -0.3 is 34.3 Å². The third-order valence-corrected chi connectivity index (χ3v) is 12.3. The molecule has 0 aromatic rings. The van der Waals surface area contributed by atoms with Gasteiger partial charge in [0.15, 0.2) is 6.29 Å². The Bertz CT molecular complexity index is 1200. The average Bonchev–Trinajstić information content (AvgIpc) is 3.26. The summed E-state index contributed by atoms with van der Waals surface area (Å²) in [4.78, 5) is 12.9. The van der Waals surface area contributed by atoms with Crippen molar-refractivity contribution in [3.8, 4) is 0 Å². The number of hydrogen-bond acceptors (Lipinski definition) is 11. The highest BCUT2D eigenvalue weighted by Gasteiger charge is 2.48. The smallest absolute Gasteiger partial charge is 0.397 e. The van der Waals surface area contributed by atoms with Crippen molar-refractivity contribution in [1.29, 1.82) is 0 Å². The van der Waals surface area contributed by atoms with Crippen molar-refractivity contribution in [2.75, 3.05) is 26.4 Å².